The number of anilines is 2. The van der Waals surface area contributed by atoms with Gasteiger partial charge in [0, 0.05) is 33.9 Å². The molecule has 2 aliphatic carbocycles. The number of H-pyrrole nitrogens is 1. The van der Waals surface area contributed by atoms with Crippen molar-refractivity contribution in [3.05, 3.63) is 97.0 Å². The van der Waals surface area contributed by atoms with Gasteiger partial charge in [-0.2, -0.15) is 0 Å². The number of phenolic OH excluding ortho intramolecular Hbond substituents is 1. The quantitative estimate of drug-likeness (QED) is 0.0909. The Kier molecular flexibility index (Phi) is 7.90. The molecule has 3 aromatic carbocycles. The van der Waals surface area contributed by atoms with Crippen molar-refractivity contribution in [1.82, 2.24) is 4.98 Å². The highest BCUT2D eigenvalue weighted by Crippen LogP contribution is 2.68. The number of aromatic nitrogens is 1. The molecular weight excluding hydrogens is 685 g/mol. The second-order valence-corrected chi connectivity index (χ2v) is 15.0. The van der Waals surface area contributed by atoms with Crippen LogP contribution in [0.3, 0.4) is 0 Å². The van der Waals surface area contributed by atoms with E-state index < -0.39 is 22.7 Å². The SMILES string of the molecule is CCOc1cc([C@H]2c3sc(=O)[nH]c3SC3C2[C@H]2C[C@@H]3C3C(=O)N(c4ccc([N+](=O)[O-])cc4)C(=O)C32)ccc1OCC(=O)Nc1ccc(O)cc1. The van der Waals surface area contributed by atoms with Crippen LogP contribution in [-0.2, 0) is 14.4 Å². The number of nitro groups is 1. The topological polar surface area (TPSA) is 181 Å². The van der Waals surface area contributed by atoms with Crippen LogP contribution in [-0.4, -0.2) is 51.2 Å². The van der Waals surface area contributed by atoms with Crippen LogP contribution in [0.4, 0.5) is 17.1 Å². The number of nitrogens with one attached hydrogen (secondary N) is 2. The average Bonchev–Trinajstić information content (AvgIpc) is 3.84. The number of thiazole rings is 1. The lowest BCUT2D eigenvalue weighted by Gasteiger charge is -2.43. The average molecular weight is 715 g/mol. The zero-order valence-corrected chi connectivity index (χ0v) is 28.1. The van der Waals surface area contributed by atoms with E-state index in [4.69, 9.17) is 9.47 Å². The number of carbonyl (C=O) groups excluding carboxylic acids is 3. The number of rotatable bonds is 9. The van der Waals surface area contributed by atoms with E-state index in [1.54, 1.807) is 30.0 Å². The van der Waals surface area contributed by atoms with Gasteiger partial charge in [0.15, 0.2) is 18.1 Å². The minimum absolute atomic E-state index is 0.0346. The summed E-state index contributed by atoms with van der Waals surface area (Å²) < 4.78 is 11.9. The molecule has 7 atom stereocenters. The molecular formula is C35H30N4O9S2. The van der Waals surface area contributed by atoms with E-state index in [2.05, 4.69) is 10.3 Å². The molecule has 50 heavy (non-hydrogen) atoms. The molecule has 0 radical (unpaired) electrons. The Balaban J connectivity index is 1.09. The maximum absolute atomic E-state index is 14.0. The van der Waals surface area contributed by atoms with Crippen LogP contribution in [0, 0.1) is 39.7 Å². The van der Waals surface area contributed by atoms with Crippen LogP contribution in [0.25, 0.3) is 0 Å². The number of hydrogen-bond donors (Lipinski definition) is 3. The Hall–Kier alpha value is -5.15. The van der Waals surface area contributed by atoms with Gasteiger partial charge in [-0.15, -0.1) is 11.8 Å². The number of aromatic hydroxyl groups is 1. The Morgan fingerprint density at radius 3 is 2.42 bits per heavy atom. The molecule has 4 aromatic rings. The molecule has 3 heterocycles. The number of nitro benzene ring substituents is 1. The number of carbonyl (C=O) groups is 3. The van der Waals surface area contributed by atoms with Crippen molar-refractivity contribution in [2.24, 2.45) is 29.6 Å². The van der Waals surface area contributed by atoms with Crippen molar-refractivity contribution in [2.45, 2.75) is 29.5 Å². The summed E-state index contributed by atoms with van der Waals surface area (Å²) in [5.74, 6) is -1.69. The molecule has 8 rings (SSSR count). The molecule has 3 N–H and O–H groups in total. The van der Waals surface area contributed by atoms with Gasteiger partial charge in [-0.1, -0.05) is 17.4 Å². The Labute approximate surface area is 292 Å². The first-order valence-corrected chi connectivity index (χ1v) is 17.8. The van der Waals surface area contributed by atoms with Crippen molar-refractivity contribution < 1.29 is 33.9 Å². The Morgan fingerprint density at radius 2 is 1.72 bits per heavy atom. The van der Waals surface area contributed by atoms with Gasteiger partial charge in [-0.25, -0.2) is 0 Å². The Bertz CT molecular complexity index is 2100. The highest BCUT2D eigenvalue weighted by atomic mass is 32.2. The van der Waals surface area contributed by atoms with Crippen LogP contribution in [0.15, 0.2) is 76.6 Å². The van der Waals surface area contributed by atoms with Gasteiger partial charge in [0.1, 0.15) is 5.75 Å². The summed E-state index contributed by atoms with van der Waals surface area (Å²) in [6.07, 6.45) is 0.703. The number of thioether (sulfide) groups is 1. The normalized spacial score (nSPS) is 25.9. The molecule has 15 heteroatoms. The summed E-state index contributed by atoms with van der Waals surface area (Å²) in [7, 11) is 0. The third-order valence-electron chi connectivity index (χ3n) is 10.2. The number of phenols is 1. The predicted octanol–water partition coefficient (Wildman–Crippen LogP) is 5.14. The number of non-ortho nitro benzene ring substituents is 1. The second-order valence-electron chi connectivity index (χ2n) is 12.8. The van der Waals surface area contributed by atoms with E-state index in [1.807, 2.05) is 19.1 Å². The molecule has 3 fully saturated rings. The minimum Gasteiger partial charge on any atom is -0.508 e. The maximum Gasteiger partial charge on any atom is 0.305 e. The van der Waals surface area contributed by atoms with E-state index >= 15 is 0 Å². The van der Waals surface area contributed by atoms with Crippen LogP contribution < -0.4 is 24.6 Å². The van der Waals surface area contributed by atoms with Gasteiger partial charge in [0.2, 0.25) is 11.8 Å². The lowest BCUT2D eigenvalue weighted by Crippen LogP contribution is -2.42. The predicted molar refractivity (Wildman–Crippen MR) is 184 cm³/mol. The highest BCUT2D eigenvalue weighted by Gasteiger charge is 2.69. The summed E-state index contributed by atoms with van der Waals surface area (Å²) in [6.45, 7) is 1.88. The van der Waals surface area contributed by atoms with Gasteiger partial charge >= 0.3 is 4.87 Å². The summed E-state index contributed by atoms with van der Waals surface area (Å²) in [6, 6.07) is 17.1. The zero-order chi connectivity index (χ0) is 34.8. The van der Waals surface area contributed by atoms with Crippen molar-refractivity contribution in [3.8, 4) is 17.2 Å². The molecule has 1 saturated heterocycles. The van der Waals surface area contributed by atoms with Crippen molar-refractivity contribution in [3.63, 3.8) is 0 Å². The van der Waals surface area contributed by atoms with Gasteiger partial charge in [-0.05, 0) is 85.2 Å². The minimum atomic E-state index is -0.537. The molecule has 256 valence electrons. The van der Waals surface area contributed by atoms with E-state index in [1.165, 1.54) is 41.3 Å². The van der Waals surface area contributed by atoms with Crippen LogP contribution in [0.5, 0.6) is 17.2 Å². The molecule has 0 spiro atoms. The van der Waals surface area contributed by atoms with E-state index in [9.17, 15) is 34.4 Å². The standard InChI is InChI=1S/C35H30N4O9S2/c1-2-47-24-13-16(3-12-23(24)48-15-25(41)36-17-4-10-20(40)11-5-17)26-27-21-14-22(30(27)49-32-31(26)50-35(44)37-32)29-28(21)33(42)38(34(29)43)18-6-8-19(9-7-18)39(45)46/h3-13,21-22,26-30,40H,2,14-15H2,1H3,(H,36,41)(H,37,44)/t21-,22-,26-,27?,28?,29?,30?/m1/s1. The summed E-state index contributed by atoms with van der Waals surface area (Å²) in [4.78, 5) is 68.9. The number of aromatic amines is 1. The summed E-state index contributed by atoms with van der Waals surface area (Å²) in [5, 5.41) is 24.2. The number of amides is 3. The third-order valence-corrected chi connectivity index (χ3v) is 12.8. The van der Waals surface area contributed by atoms with Crippen molar-refractivity contribution in [2.75, 3.05) is 23.4 Å². The summed E-state index contributed by atoms with van der Waals surface area (Å²) >= 11 is 2.72. The highest BCUT2D eigenvalue weighted by molar-refractivity contribution is 8.00. The molecule has 3 amide bonds. The first kappa shape index (κ1) is 32.1. The molecule has 1 aromatic heterocycles. The van der Waals surface area contributed by atoms with Crippen LogP contribution in [0.1, 0.15) is 29.7 Å². The van der Waals surface area contributed by atoms with Gasteiger partial charge in [-0.3, -0.25) is 34.2 Å². The Morgan fingerprint density at radius 1 is 1.00 bits per heavy atom. The number of imide groups is 1. The smallest absolute Gasteiger partial charge is 0.305 e. The fourth-order valence-electron chi connectivity index (χ4n) is 8.36. The van der Waals surface area contributed by atoms with Crippen molar-refractivity contribution >= 4 is 57.9 Å². The summed E-state index contributed by atoms with van der Waals surface area (Å²) in [5.41, 5.74) is 1.57. The number of benzene rings is 3. The van der Waals surface area contributed by atoms with Gasteiger partial charge < -0.3 is 24.9 Å². The fraction of sp³-hybridized carbons (Fsp3) is 0.314. The van der Waals surface area contributed by atoms with Crippen LogP contribution >= 0.6 is 23.1 Å². The lowest BCUT2D eigenvalue weighted by atomic mass is 9.68. The van der Waals surface area contributed by atoms with Crippen LogP contribution in [0.2, 0.25) is 0 Å². The molecule has 2 saturated carbocycles. The van der Waals surface area contributed by atoms with Gasteiger partial charge in [0.05, 0.1) is 34.1 Å². The number of hydrogen-bond acceptors (Lipinski definition) is 11. The fourth-order valence-corrected chi connectivity index (χ4v) is 11.2. The molecule has 2 bridgehead atoms. The van der Waals surface area contributed by atoms with E-state index in [0.717, 1.165) is 26.8 Å². The molecule has 2 aliphatic heterocycles. The number of ether oxygens (including phenoxy) is 2. The maximum atomic E-state index is 14.0. The number of fused-ring (bicyclic) bond motifs is 9. The third kappa shape index (κ3) is 5.22. The first-order chi connectivity index (χ1) is 24.1. The van der Waals surface area contributed by atoms with E-state index in [0.29, 0.717) is 35.9 Å². The number of nitrogens with zero attached hydrogens (tertiary/aromatic N) is 2. The monoisotopic (exact) mass is 714 g/mol. The second kappa shape index (κ2) is 12.3. The van der Waals surface area contributed by atoms with Crippen molar-refractivity contribution in [1.29, 1.82) is 0 Å². The zero-order valence-electron chi connectivity index (χ0n) is 26.4. The molecule has 4 aliphatic rings. The molecule has 13 nitrogen and oxygen atoms in total. The largest absolute Gasteiger partial charge is 0.508 e. The van der Waals surface area contributed by atoms with E-state index in [-0.39, 0.29) is 63.7 Å². The lowest BCUT2D eigenvalue weighted by molar-refractivity contribution is -0.384. The first-order valence-electron chi connectivity index (χ1n) is 16.1. The van der Waals surface area contributed by atoms with Gasteiger partial charge in [0.25, 0.3) is 11.6 Å². The molecule has 4 unspecified atom stereocenters.